The van der Waals surface area contributed by atoms with Gasteiger partial charge in [-0.15, -0.1) is 0 Å². The molecule has 114 valence electrons. The summed E-state index contributed by atoms with van der Waals surface area (Å²) in [5.74, 6) is -1.06. The van der Waals surface area contributed by atoms with Crippen molar-refractivity contribution in [3.8, 4) is 5.75 Å². The third kappa shape index (κ3) is 3.74. The molecule has 0 bridgehead atoms. The van der Waals surface area contributed by atoms with Gasteiger partial charge in [-0.2, -0.15) is 0 Å². The van der Waals surface area contributed by atoms with Crippen LogP contribution < -0.4 is 5.32 Å². The van der Waals surface area contributed by atoms with E-state index in [9.17, 15) is 19.8 Å². The third-order valence-electron chi connectivity index (χ3n) is 4.11. The summed E-state index contributed by atoms with van der Waals surface area (Å²) >= 11 is 0. The maximum absolute atomic E-state index is 12.0. The molecule has 0 radical (unpaired) electrons. The number of carbonyl (C=O) groups is 2. The number of carboxylic acids is 1. The van der Waals surface area contributed by atoms with Crippen molar-refractivity contribution in [2.24, 2.45) is 0 Å². The SMILES string of the molecule is O=C(CCc1ccccc1O)NC1(C(=O)O)CCCCC1. The van der Waals surface area contributed by atoms with Crippen molar-refractivity contribution in [1.29, 1.82) is 0 Å². The number of aliphatic carboxylic acids is 1. The largest absolute Gasteiger partial charge is 0.508 e. The lowest BCUT2D eigenvalue weighted by molar-refractivity contribution is -0.149. The van der Waals surface area contributed by atoms with Crippen LogP contribution in [0.15, 0.2) is 24.3 Å². The van der Waals surface area contributed by atoms with E-state index in [1.165, 1.54) is 0 Å². The monoisotopic (exact) mass is 291 g/mol. The zero-order chi connectivity index (χ0) is 15.3. The van der Waals surface area contributed by atoms with E-state index in [4.69, 9.17) is 0 Å². The van der Waals surface area contributed by atoms with E-state index in [1.54, 1.807) is 24.3 Å². The number of para-hydroxylation sites is 1. The summed E-state index contributed by atoms with van der Waals surface area (Å²) in [4.78, 5) is 23.5. The van der Waals surface area contributed by atoms with E-state index in [1.807, 2.05) is 0 Å². The summed E-state index contributed by atoms with van der Waals surface area (Å²) in [6.07, 6.45) is 4.22. The van der Waals surface area contributed by atoms with Gasteiger partial charge < -0.3 is 15.5 Å². The van der Waals surface area contributed by atoms with Crippen LogP contribution in [0, 0.1) is 0 Å². The molecule has 0 saturated heterocycles. The van der Waals surface area contributed by atoms with Crippen LogP contribution in [0.2, 0.25) is 0 Å². The van der Waals surface area contributed by atoms with Crippen LogP contribution in [0.5, 0.6) is 5.75 Å². The molecule has 0 spiro atoms. The maximum Gasteiger partial charge on any atom is 0.329 e. The smallest absolute Gasteiger partial charge is 0.329 e. The van der Waals surface area contributed by atoms with E-state index in [0.717, 1.165) is 19.3 Å². The minimum absolute atomic E-state index is 0.163. The Morgan fingerprint density at radius 2 is 1.81 bits per heavy atom. The average Bonchev–Trinajstić information content (AvgIpc) is 2.47. The topological polar surface area (TPSA) is 86.6 Å². The second kappa shape index (κ2) is 6.61. The van der Waals surface area contributed by atoms with Gasteiger partial charge in [-0.1, -0.05) is 37.5 Å². The number of amides is 1. The minimum atomic E-state index is -1.10. The van der Waals surface area contributed by atoms with Gasteiger partial charge in [-0.3, -0.25) is 4.79 Å². The molecule has 1 aliphatic rings. The van der Waals surface area contributed by atoms with Crippen molar-refractivity contribution in [3.63, 3.8) is 0 Å². The number of aromatic hydroxyl groups is 1. The van der Waals surface area contributed by atoms with Crippen molar-refractivity contribution in [3.05, 3.63) is 29.8 Å². The molecule has 21 heavy (non-hydrogen) atoms. The Hall–Kier alpha value is -2.04. The van der Waals surface area contributed by atoms with Gasteiger partial charge in [0.05, 0.1) is 0 Å². The molecule has 0 atom stereocenters. The van der Waals surface area contributed by atoms with Gasteiger partial charge >= 0.3 is 5.97 Å². The highest BCUT2D eigenvalue weighted by Crippen LogP contribution is 2.28. The molecule has 0 aromatic heterocycles. The third-order valence-corrected chi connectivity index (χ3v) is 4.11. The van der Waals surface area contributed by atoms with Crippen LogP contribution in [0.25, 0.3) is 0 Å². The lowest BCUT2D eigenvalue weighted by Crippen LogP contribution is -2.55. The Bertz CT molecular complexity index is 521. The number of phenolic OH excluding ortho intramolecular Hbond substituents is 1. The molecular weight excluding hydrogens is 270 g/mol. The minimum Gasteiger partial charge on any atom is -0.508 e. The molecule has 1 amide bonds. The van der Waals surface area contributed by atoms with Gasteiger partial charge in [0.15, 0.2) is 0 Å². The zero-order valence-electron chi connectivity index (χ0n) is 12.0. The number of aryl methyl sites for hydroxylation is 1. The normalized spacial score (nSPS) is 17.1. The summed E-state index contributed by atoms with van der Waals surface area (Å²) in [5, 5.41) is 21.8. The Morgan fingerprint density at radius 3 is 2.43 bits per heavy atom. The molecule has 1 saturated carbocycles. The molecule has 5 nitrogen and oxygen atoms in total. The van der Waals surface area contributed by atoms with E-state index in [-0.39, 0.29) is 18.1 Å². The first-order valence-electron chi connectivity index (χ1n) is 7.35. The Kier molecular flexibility index (Phi) is 4.83. The molecular formula is C16H21NO4. The van der Waals surface area contributed by atoms with Crippen molar-refractivity contribution in [1.82, 2.24) is 5.32 Å². The van der Waals surface area contributed by atoms with E-state index in [2.05, 4.69) is 5.32 Å². The number of carboxylic acid groups (broad SMARTS) is 1. The molecule has 1 aromatic carbocycles. The fourth-order valence-corrected chi connectivity index (χ4v) is 2.85. The second-order valence-electron chi connectivity index (χ2n) is 5.62. The van der Waals surface area contributed by atoms with E-state index in [0.29, 0.717) is 24.8 Å². The standard InChI is InChI=1S/C16H21NO4/c18-13-7-3-2-6-12(13)8-9-14(19)17-16(15(20)21)10-4-1-5-11-16/h2-3,6-7,18H,1,4-5,8-11H2,(H,17,19)(H,20,21). The predicted octanol–water partition coefficient (Wildman–Crippen LogP) is 2.23. The zero-order valence-corrected chi connectivity index (χ0v) is 12.0. The number of phenols is 1. The number of hydrogen-bond acceptors (Lipinski definition) is 3. The first-order valence-corrected chi connectivity index (χ1v) is 7.35. The van der Waals surface area contributed by atoms with Crippen LogP contribution in [0.4, 0.5) is 0 Å². The molecule has 3 N–H and O–H groups in total. The van der Waals surface area contributed by atoms with Gasteiger partial charge in [0.1, 0.15) is 11.3 Å². The van der Waals surface area contributed by atoms with Crippen LogP contribution in [-0.4, -0.2) is 27.6 Å². The van der Waals surface area contributed by atoms with Gasteiger partial charge in [0.2, 0.25) is 5.91 Å². The molecule has 0 aliphatic heterocycles. The van der Waals surface area contributed by atoms with E-state index >= 15 is 0 Å². The van der Waals surface area contributed by atoms with Crippen molar-refractivity contribution in [2.75, 3.05) is 0 Å². The molecule has 1 aromatic rings. The van der Waals surface area contributed by atoms with Gasteiger partial charge in [-0.05, 0) is 30.9 Å². The number of hydrogen-bond donors (Lipinski definition) is 3. The Balaban J connectivity index is 1.94. The predicted molar refractivity (Wildman–Crippen MR) is 78.0 cm³/mol. The van der Waals surface area contributed by atoms with Crippen molar-refractivity contribution in [2.45, 2.75) is 50.5 Å². The lowest BCUT2D eigenvalue weighted by atomic mass is 9.81. The number of rotatable bonds is 5. The number of carbonyl (C=O) groups excluding carboxylic acids is 1. The van der Waals surface area contributed by atoms with Gasteiger partial charge in [0.25, 0.3) is 0 Å². The first kappa shape index (κ1) is 15.4. The van der Waals surface area contributed by atoms with E-state index < -0.39 is 11.5 Å². The molecule has 0 unspecified atom stereocenters. The summed E-state index contributed by atoms with van der Waals surface area (Å²) in [5.41, 5.74) is -0.408. The molecule has 5 heteroatoms. The summed E-state index contributed by atoms with van der Waals surface area (Å²) in [6.45, 7) is 0. The average molecular weight is 291 g/mol. The summed E-state index contributed by atoms with van der Waals surface area (Å²) in [7, 11) is 0. The highest BCUT2D eigenvalue weighted by Gasteiger charge is 2.40. The Morgan fingerprint density at radius 1 is 1.14 bits per heavy atom. The molecule has 1 fully saturated rings. The fraction of sp³-hybridized carbons (Fsp3) is 0.500. The molecule has 2 rings (SSSR count). The highest BCUT2D eigenvalue weighted by molar-refractivity contribution is 5.87. The fourth-order valence-electron chi connectivity index (χ4n) is 2.85. The summed E-state index contributed by atoms with van der Waals surface area (Å²) in [6, 6.07) is 6.86. The molecule has 0 heterocycles. The van der Waals surface area contributed by atoms with Crippen molar-refractivity contribution >= 4 is 11.9 Å². The highest BCUT2D eigenvalue weighted by atomic mass is 16.4. The Labute approximate surface area is 124 Å². The quantitative estimate of drug-likeness (QED) is 0.776. The van der Waals surface area contributed by atoms with Crippen LogP contribution in [-0.2, 0) is 16.0 Å². The van der Waals surface area contributed by atoms with Crippen LogP contribution >= 0.6 is 0 Å². The van der Waals surface area contributed by atoms with Gasteiger partial charge in [0, 0.05) is 6.42 Å². The lowest BCUT2D eigenvalue weighted by Gasteiger charge is -2.34. The first-order chi connectivity index (χ1) is 10.0. The van der Waals surface area contributed by atoms with Crippen molar-refractivity contribution < 1.29 is 19.8 Å². The number of nitrogens with one attached hydrogen (secondary N) is 1. The number of benzene rings is 1. The van der Waals surface area contributed by atoms with Crippen LogP contribution in [0.3, 0.4) is 0 Å². The summed E-state index contributed by atoms with van der Waals surface area (Å²) < 4.78 is 0. The second-order valence-corrected chi connectivity index (χ2v) is 5.62. The maximum atomic E-state index is 12.0. The molecule has 1 aliphatic carbocycles. The van der Waals surface area contributed by atoms with Crippen LogP contribution in [0.1, 0.15) is 44.1 Å². The van der Waals surface area contributed by atoms with Gasteiger partial charge in [-0.25, -0.2) is 4.79 Å².